The van der Waals surface area contributed by atoms with E-state index in [2.05, 4.69) is 0 Å². The van der Waals surface area contributed by atoms with Crippen LogP contribution in [0.1, 0.15) is 17.5 Å². The second-order valence-electron chi connectivity index (χ2n) is 5.59. The Balaban J connectivity index is 2.00. The monoisotopic (exact) mass is 308 g/mol. The molecule has 1 aliphatic heterocycles. The van der Waals surface area contributed by atoms with Crippen LogP contribution in [0.3, 0.4) is 0 Å². The number of hydrogen-bond acceptors (Lipinski definition) is 3. The van der Waals surface area contributed by atoms with Crippen molar-refractivity contribution in [2.45, 2.75) is 13.3 Å². The molecule has 0 aromatic heterocycles. The zero-order valence-corrected chi connectivity index (χ0v) is 13.2. The lowest BCUT2D eigenvalue weighted by atomic mass is 10.1. The molecule has 1 amide bonds. The minimum Gasteiger partial charge on any atom is -0.449 e. The Morgan fingerprint density at radius 2 is 1.96 bits per heavy atom. The van der Waals surface area contributed by atoms with Gasteiger partial charge in [0.2, 0.25) is 0 Å². The van der Waals surface area contributed by atoms with E-state index < -0.39 is 0 Å². The Hall–Kier alpha value is -2.59. The van der Waals surface area contributed by atoms with Gasteiger partial charge in [0.1, 0.15) is 0 Å². The average molecular weight is 308 g/mol. The topological polar surface area (TPSA) is 55.6 Å². The molecule has 0 bridgehead atoms. The summed E-state index contributed by atoms with van der Waals surface area (Å²) < 4.78 is 5.85. The van der Waals surface area contributed by atoms with E-state index in [9.17, 15) is 4.79 Å². The standard InChI is InChI=1S/C19H20N2O2/c1-14-8-9-17-16(12-14)21(11-5-10-20)19(22)18(23-17)13-15-6-3-2-4-7-15/h2-4,6-9,12-13H,5,10-11,20H2,1H3/b18-13+. The summed E-state index contributed by atoms with van der Waals surface area (Å²) in [6.45, 7) is 3.13. The first kappa shape index (κ1) is 15.3. The molecule has 0 radical (unpaired) electrons. The molecule has 4 heteroatoms. The van der Waals surface area contributed by atoms with Gasteiger partial charge in [0, 0.05) is 6.54 Å². The Labute approximate surface area is 136 Å². The molecule has 0 aliphatic carbocycles. The van der Waals surface area contributed by atoms with E-state index in [1.54, 1.807) is 11.0 Å². The molecule has 118 valence electrons. The number of nitrogens with two attached hydrogens (primary N) is 1. The summed E-state index contributed by atoms with van der Waals surface area (Å²) in [7, 11) is 0. The van der Waals surface area contributed by atoms with Gasteiger partial charge in [-0.2, -0.15) is 0 Å². The molecule has 1 aliphatic rings. The Morgan fingerprint density at radius 1 is 1.17 bits per heavy atom. The van der Waals surface area contributed by atoms with Crippen LogP contribution >= 0.6 is 0 Å². The summed E-state index contributed by atoms with van der Waals surface area (Å²) in [5.74, 6) is 0.916. The van der Waals surface area contributed by atoms with E-state index in [0.29, 0.717) is 24.6 Å². The second-order valence-corrected chi connectivity index (χ2v) is 5.59. The predicted octanol–water partition coefficient (Wildman–Crippen LogP) is 3.11. The largest absolute Gasteiger partial charge is 0.449 e. The molecule has 0 spiro atoms. The van der Waals surface area contributed by atoms with Crippen molar-refractivity contribution in [2.75, 3.05) is 18.0 Å². The normalized spacial score (nSPS) is 15.5. The fourth-order valence-corrected chi connectivity index (χ4v) is 2.59. The lowest BCUT2D eigenvalue weighted by Crippen LogP contribution is -2.38. The molecule has 0 fully saturated rings. The number of benzene rings is 2. The van der Waals surface area contributed by atoms with Crippen LogP contribution in [0.25, 0.3) is 6.08 Å². The summed E-state index contributed by atoms with van der Waals surface area (Å²) in [6, 6.07) is 15.6. The van der Waals surface area contributed by atoms with Crippen LogP contribution in [-0.2, 0) is 4.79 Å². The van der Waals surface area contributed by atoms with Crippen LogP contribution in [0.15, 0.2) is 54.3 Å². The minimum atomic E-state index is -0.125. The Kier molecular flexibility index (Phi) is 4.44. The van der Waals surface area contributed by atoms with E-state index in [4.69, 9.17) is 10.5 Å². The van der Waals surface area contributed by atoms with Crippen molar-refractivity contribution in [2.24, 2.45) is 5.73 Å². The third-order valence-electron chi connectivity index (χ3n) is 3.76. The maximum atomic E-state index is 12.8. The second kappa shape index (κ2) is 6.67. The van der Waals surface area contributed by atoms with Crippen molar-refractivity contribution < 1.29 is 9.53 Å². The summed E-state index contributed by atoms with van der Waals surface area (Å²) >= 11 is 0. The van der Waals surface area contributed by atoms with Crippen LogP contribution in [0, 0.1) is 6.92 Å². The number of amides is 1. The van der Waals surface area contributed by atoms with Crippen molar-refractivity contribution in [3.8, 4) is 5.75 Å². The number of ether oxygens (including phenoxy) is 1. The van der Waals surface area contributed by atoms with Crippen molar-refractivity contribution >= 4 is 17.7 Å². The number of hydrogen-bond donors (Lipinski definition) is 1. The first-order valence-electron chi connectivity index (χ1n) is 7.76. The summed E-state index contributed by atoms with van der Waals surface area (Å²) in [4.78, 5) is 14.6. The number of anilines is 1. The zero-order chi connectivity index (χ0) is 16.2. The lowest BCUT2D eigenvalue weighted by Gasteiger charge is -2.30. The third-order valence-corrected chi connectivity index (χ3v) is 3.76. The Bertz CT molecular complexity index is 738. The molecule has 0 atom stereocenters. The number of nitrogens with zero attached hydrogens (tertiary/aromatic N) is 1. The molecule has 0 unspecified atom stereocenters. The van der Waals surface area contributed by atoms with Gasteiger partial charge in [-0.3, -0.25) is 4.79 Å². The Morgan fingerprint density at radius 3 is 2.70 bits per heavy atom. The third kappa shape index (κ3) is 3.27. The van der Waals surface area contributed by atoms with Gasteiger partial charge in [-0.15, -0.1) is 0 Å². The fraction of sp³-hybridized carbons (Fsp3) is 0.211. The van der Waals surface area contributed by atoms with Gasteiger partial charge in [0.15, 0.2) is 11.5 Å². The van der Waals surface area contributed by atoms with Gasteiger partial charge in [-0.25, -0.2) is 0 Å². The smallest absolute Gasteiger partial charge is 0.294 e. The van der Waals surface area contributed by atoms with E-state index in [-0.39, 0.29) is 5.91 Å². The SMILES string of the molecule is Cc1ccc2c(c1)N(CCCN)C(=O)/C(=C\c1ccccc1)O2. The molecule has 23 heavy (non-hydrogen) atoms. The number of carbonyl (C=O) groups excluding carboxylic acids is 1. The van der Waals surface area contributed by atoms with E-state index >= 15 is 0 Å². The van der Waals surface area contributed by atoms with Gasteiger partial charge in [-0.1, -0.05) is 36.4 Å². The van der Waals surface area contributed by atoms with Gasteiger partial charge >= 0.3 is 0 Å². The summed E-state index contributed by atoms with van der Waals surface area (Å²) in [6.07, 6.45) is 2.53. The minimum absolute atomic E-state index is 0.125. The first-order valence-corrected chi connectivity index (χ1v) is 7.76. The van der Waals surface area contributed by atoms with Crippen LogP contribution in [0.5, 0.6) is 5.75 Å². The molecular formula is C19H20N2O2. The lowest BCUT2D eigenvalue weighted by molar-refractivity contribution is -0.117. The highest BCUT2D eigenvalue weighted by atomic mass is 16.5. The van der Waals surface area contributed by atoms with E-state index in [1.165, 1.54) is 0 Å². The van der Waals surface area contributed by atoms with Crippen molar-refractivity contribution in [1.82, 2.24) is 0 Å². The van der Waals surface area contributed by atoms with Gasteiger partial charge in [-0.05, 0) is 49.2 Å². The molecule has 0 saturated carbocycles. The number of fused-ring (bicyclic) bond motifs is 1. The summed E-state index contributed by atoms with van der Waals surface area (Å²) in [5.41, 5.74) is 8.46. The average Bonchev–Trinajstić information content (AvgIpc) is 2.56. The number of rotatable bonds is 4. The number of carbonyl (C=O) groups is 1. The molecular weight excluding hydrogens is 288 g/mol. The highest BCUT2D eigenvalue weighted by Gasteiger charge is 2.29. The predicted molar refractivity (Wildman–Crippen MR) is 92.3 cm³/mol. The molecule has 1 heterocycles. The first-order chi connectivity index (χ1) is 11.2. The van der Waals surface area contributed by atoms with Crippen LogP contribution < -0.4 is 15.4 Å². The maximum absolute atomic E-state index is 12.8. The maximum Gasteiger partial charge on any atom is 0.294 e. The van der Waals surface area contributed by atoms with Gasteiger partial charge in [0.25, 0.3) is 5.91 Å². The van der Waals surface area contributed by atoms with Crippen LogP contribution in [0.4, 0.5) is 5.69 Å². The quantitative estimate of drug-likeness (QED) is 0.883. The molecule has 2 aromatic rings. The molecule has 4 nitrogen and oxygen atoms in total. The highest BCUT2D eigenvalue weighted by Crippen LogP contribution is 2.36. The molecule has 3 rings (SSSR count). The molecule has 2 aromatic carbocycles. The van der Waals surface area contributed by atoms with Gasteiger partial charge in [0.05, 0.1) is 5.69 Å². The van der Waals surface area contributed by atoms with E-state index in [0.717, 1.165) is 23.2 Å². The van der Waals surface area contributed by atoms with Gasteiger partial charge < -0.3 is 15.4 Å². The number of aryl methyl sites for hydroxylation is 1. The van der Waals surface area contributed by atoms with Crippen molar-refractivity contribution in [3.05, 3.63) is 65.4 Å². The fourth-order valence-electron chi connectivity index (χ4n) is 2.59. The van der Waals surface area contributed by atoms with Crippen molar-refractivity contribution in [1.29, 1.82) is 0 Å². The summed E-state index contributed by atoms with van der Waals surface area (Å²) in [5, 5.41) is 0. The molecule has 0 saturated heterocycles. The van der Waals surface area contributed by atoms with Crippen molar-refractivity contribution in [3.63, 3.8) is 0 Å². The van der Waals surface area contributed by atoms with Crippen LogP contribution in [0.2, 0.25) is 0 Å². The highest BCUT2D eigenvalue weighted by molar-refractivity contribution is 6.09. The van der Waals surface area contributed by atoms with Crippen LogP contribution in [-0.4, -0.2) is 19.0 Å². The van der Waals surface area contributed by atoms with E-state index in [1.807, 2.05) is 55.5 Å². The zero-order valence-electron chi connectivity index (χ0n) is 13.2. The molecule has 2 N–H and O–H groups in total.